The lowest BCUT2D eigenvalue weighted by Crippen LogP contribution is -2.50. The highest BCUT2D eigenvalue weighted by molar-refractivity contribution is 5.95. The van der Waals surface area contributed by atoms with Gasteiger partial charge < -0.3 is 19.7 Å². The van der Waals surface area contributed by atoms with Crippen LogP contribution in [0.4, 0.5) is 4.79 Å². The predicted molar refractivity (Wildman–Crippen MR) is 96.5 cm³/mol. The van der Waals surface area contributed by atoms with Gasteiger partial charge in [-0.2, -0.15) is 5.26 Å². The van der Waals surface area contributed by atoms with Gasteiger partial charge in [-0.25, -0.2) is 9.79 Å². The molecule has 9 nitrogen and oxygen atoms in total. The minimum atomic E-state index is -0.733. The van der Waals surface area contributed by atoms with Crippen LogP contribution in [0.1, 0.15) is 34.1 Å². The highest BCUT2D eigenvalue weighted by Gasteiger charge is 2.27. The second-order valence-electron chi connectivity index (χ2n) is 7.05. The lowest BCUT2D eigenvalue weighted by Gasteiger charge is -2.31. The number of carbonyl (C=O) groups is 2. The van der Waals surface area contributed by atoms with E-state index >= 15 is 0 Å². The Bertz CT molecular complexity index is 544. The number of morpholine rings is 1. The maximum atomic E-state index is 12.5. The number of amides is 2. The molecule has 146 valence electrons. The van der Waals surface area contributed by atoms with Crippen molar-refractivity contribution in [3.8, 4) is 6.07 Å². The number of alkyl carbamates (subject to hydrolysis) is 1. The van der Waals surface area contributed by atoms with E-state index in [2.05, 4.69) is 15.6 Å². The van der Waals surface area contributed by atoms with Crippen molar-refractivity contribution in [1.82, 2.24) is 15.5 Å². The van der Waals surface area contributed by atoms with Crippen molar-refractivity contribution < 1.29 is 19.1 Å². The number of hydrogen-bond acceptors (Lipinski definition) is 6. The molecule has 0 unspecified atom stereocenters. The lowest BCUT2D eigenvalue weighted by atomic mass is 9.88. The molecule has 0 aromatic rings. The molecule has 0 saturated carbocycles. The van der Waals surface area contributed by atoms with Crippen LogP contribution in [-0.4, -0.2) is 68.4 Å². The zero-order valence-electron chi connectivity index (χ0n) is 16.0. The average molecular weight is 367 g/mol. The molecule has 0 spiro atoms. The summed E-state index contributed by atoms with van der Waals surface area (Å²) < 4.78 is 10.3. The summed E-state index contributed by atoms with van der Waals surface area (Å²) >= 11 is 0. The molecule has 0 aromatic carbocycles. The van der Waals surface area contributed by atoms with Gasteiger partial charge in [0.05, 0.1) is 25.9 Å². The number of carbonyl (C=O) groups excluding carboxylic acids is 2. The fourth-order valence-electron chi connectivity index (χ4n) is 2.40. The van der Waals surface area contributed by atoms with E-state index in [4.69, 9.17) is 14.7 Å². The molecule has 0 aromatic heterocycles. The minimum Gasteiger partial charge on any atom is -0.450 e. The summed E-state index contributed by atoms with van der Waals surface area (Å²) in [6, 6.07) is 1.15. The first kappa shape index (κ1) is 21.7. The molecule has 1 heterocycles. The maximum Gasteiger partial charge on any atom is 0.413 e. The van der Waals surface area contributed by atoms with Crippen molar-refractivity contribution in [3.63, 3.8) is 0 Å². The Hall–Kier alpha value is -2.34. The first-order valence-corrected chi connectivity index (χ1v) is 8.75. The molecule has 0 radical (unpaired) electrons. The Kier molecular flexibility index (Phi) is 8.85. The van der Waals surface area contributed by atoms with Crippen molar-refractivity contribution in [3.05, 3.63) is 0 Å². The first-order chi connectivity index (χ1) is 12.3. The van der Waals surface area contributed by atoms with E-state index < -0.39 is 12.1 Å². The minimum absolute atomic E-state index is 0.0901. The normalized spacial score (nSPS) is 16.4. The Labute approximate surface area is 154 Å². The fraction of sp³-hybridized carbons (Fsp3) is 0.765. The molecular formula is C17H29N5O4. The van der Waals surface area contributed by atoms with E-state index in [-0.39, 0.29) is 30.4 Å². The molecule has 2 amide bonds. The van der Waals surface area contributed by atoms with Crippen molar-refractivity contribution >= 4 is 18.0 Å². The van der Waals surface area contributed by atoms with Gasteiger partial charge in [-0.1, -0.05) is 20.8 Å². The van der Waals surface area contributed by atoms with Gasteiger partial charge in [0, 0.05) is 13.1 Å². The number of ether oxygens (including phenoxy) is 2. The molecule has 1 atom stereocenters. The second-order valence-corrected chi connectivity index (χ2v) is 7.05. The second kappa shape index (κ2) is 10.6. The van der Waals surface area contributed by atoms with Crippen LogP contribution in [0.5, 0.6) is 0 Å². The highest BCUT2D eigenvalue weighted by Crippen LogP contribution is 2.23. The van der Waals surface area contributed by atoms with E-state index in [0.29, 0.717) is 32.7 Å². The summed E-state index contributed by atoms with van der Waals surface area (Å²) in [4.78, 5) is 30.7. The zero-order valence-corrected chi connectivity index (χ0v) is 16.0. The number of rotatable bonds is 5. The smallest absolute Gasteiger partial charge is 0.413 e. The van der Waals surface area contributed by atoms with E-state index in [1.165, 1.54) is 0 Å². The van der Waals surface area contributed by atoms with Crippen molar-refractivity contribution in [2.75, 3.05) is 39.5 Å². The van der Waals surface area contributed by atoms with Gasteiger partial charge in [-0.3, -0.25) is 10.1 Å². The highest BCUT2D eigenvalue weighted by atomic mass is 16.5. The van der Waals surface area contributed by atoms with Crippen LogP contribution >= 0.6 is 0 Å². The van der Waals surface area contributed by atoms with Gasteiger partial charge in [0.1, 0.15) is 12.6 Å². The van der Waals surface area contributed by atoms with Gasteiger partial charge in [-0.05, 0) is 18.8 Å². The van der Waals surface area contributed by atoms with Crippen LogP contribution in [0, 0.1) is 16.7 Å². The molecule has 0 aliphatic carbocycles. The molecular weight excluding hydrogens is 338 g/mol. The van der Waals surface area contributed by atoms with Crippen molar-refractivity contribution in [2.24, 2.45) is 10.4 Å². The van der Waals surface area contributed by atoms with Crippen molar-refractivity contribution in [2.45, 2.75) is 40.2 Å². The van der Waals surface area contributed by atoms with E-state index in [0.717, 1.165) is 0 Å². The van der Waals surface area contributed by atoms with Crippen LogP contribution in [0.25, 0.3) is 0 Å². The molecule has 1 saturated heterocycles. The lowest BCUT2D eigenvalue weighted by molar-refractivity contribution is -0.122. The summed E-state index contributed by atoms with van der Waals surface area (Å²) in [6.07, 6.45) is -0.160. The molecule has 26 heavy (non-hydrogen) atoms. The van der Waals surface area contributed by atoms with E-state index in [9.17, 15) is 9.59 Å². The Morgan fingerprint density at radius 2 is 2.00 bits per heavy atom. The molecule has 9 heteroatoms. The number of nitrogens with zero attached hydrogens (tertiary/aromatic N) is 3. The van der Waals surface area contributed by atoms with Crippen LogP contribution in [-0.2, 0) is 14.3 Å². The molecule has 1 aliphatic heterocycles. The standard InChI is InChI=1S/C17H29N5O4/c1-5-26-16(24)21-15(22-8-10-25-11-9-22)20-13(12-17(2,3)4)14(23)19-7-6-18/h13H,5,7-12H2,1-4H3,(H,19,23)(H,20,21,24)/t13-/m0/s1. The molecule has 1 aliphatic rings. The van der Waals surface area contributed by atoms with Gasteiger partial charge in [0.15, 0.2) is 0 Å². The van der Waals surface area contributed by atoms with Gasteiger partial charge in [0.2, 0.25) is 11.9 Å². The summed E-state index contributed by atoms with van der Waals surface area (Å²) in [5, 5.41) is 13.9. The van der Waals surface area contributed by atoms with Crippen LogP contribution in [0.15, 0.2) is 4.99 Å². The van der Waals surface area contributed by atoms with E-state index in [1.54, 1.807) is 6.92 Å². The van der Waals surface area contributed by atoms with Crippen LogP contribution in [0.2, 0.25) is 0 Å². The third-order valence-corrected chi connectivity index (χ3v) is 3.53. The summed E-state index contributed by atoms with van der Waals surface area (Å²) in [6.45, 7) is 9.97. The quantitative estimate of drug-likeness (QED) is 0.423. The number of nitriles is 1. The summed E-state index contributed by atoms with van der Waals surface area (Å²) in [5.41, 5.74) is -0.168. The SMILES string of the molecule is CCOC(=O)NC(=N[C@@H](CC(C)(C)C)C(=O)NCC#N)N1CCOCC1. The fourth-order valence-corrected chi connectivity index (χ4v) is 2.40. The topological polar surface area (TPSA) is 116 Å². The molecule has 1 fully saturated rings. The largest absolute Gasteiger partial charge is 0.450 e. The number of aliphatic imine (C=N–C) groups is 1. The van der Waals surface area contributed by atoms with Crippen LogP contribution in [0.3, 0.4) is 0 Å². The number of nitrogens with one attached hydrogen (secondary N) is 2. The molecule has 1 rings (SSSR count). The Balaban J connectivity index is 3.07. The Morgan fingerprint density at radius 3 is 2.54 bits per heavy atom. The van der Waals surface area contributed by atoms with Crippen LogP contribution < -0.4 is 10.6 Å². The van der Waals surface area contributed by atoms with Gasteiger partial charge in [-0.15, -0.1) is 0 Å². The first-order valence-electron chi connectivity index (χ1n) is 8.75. The third-order valence-electron chi connectivity index (χ3n) is 3.53. The zero-order chi connectivity index (χ0) is 19.6. The number of guanidine groups is 1. The summed E-state index contributed by atoms with van der Waals surface area (Å²) in [7, 11) is 0. The van der Waals surface area contributed by atoms with E-state index in [1.807, 2.05) is 31.7 Å². The average Bonchev–Trinajstić information content (AvgIpc) is 2.58. The van der Waals surface area contributed by atoms with Crippen molar-refractivity contribution in [1.29, 1.82) is 5.26 Å². The monoisotopic (exact) mass is 367 g/mol. The molecule has 0 bridgehead atoms. The summed E-state index contributed by atoms with van der Waals surface area (Å²) in [5.74, 6) is -0.0639. The molecule has 2 N–H and O–H groups in total. The predicted octanol–water partition coefficient (Wildman–Crippen LogP) is 0.865. The maximum absolute atomic E-state index is 12.5. The number of hydrogen-bond donors (Lipinski definition) is 2. The van der Waals surface area contributed by atoms with Gasteiger partial charge in [0.25, 0.3) is 0 Å². The van der Waals surface area contributed by atoms with Gasteiger partial charge >= 0.3 is 6.09 Å². The third kappa shape index (κ3) is 8.16. The Morgan fingerprint density at radius 1 is 1.35 bits per heavy atom.